The Morgan fingerprint density at radius 3 is 2.76 bits per heavy atom. The molecule has 9 nitrogen and oxygen atoms in total. The average molecular weight is 468 g/mol. The molecule has 2 aromatic heterocycles. The number of unbranched alkanes of at least 4 members (excludes halogenated alkanes) is 1. The van der Waals surface area contributed by atoms with Gasteiger partial charge in [0.25, 0.3) is 0 Å². The molecule has 3 heterocycles. The molecule has 1 fully saturated rings. The van der Waals surface area contributed by atoms with E-state index in [1.807, 2.05) is 12.3 Å². The number of nitrogen functional groups attached to an aromatic ring is 1. The van der Waals surface area contributed by atoms with Gasteiger partial charge in [-0.3, -0.25) is 4.90 Å². The molecule has 0 amide bonds. The van der Waals surface area contributed by atoms with Crippen LogP contribution in [-0.4, -0.2) is 70.5 Å². The highest BCUT2D eigenvalue weighted by Gasteiger charge is 2.17. The van der Waals surface area contributed by atoms with Crippen molar-refractivity contribution < 1.29 is 9.84 Å². The van der Waals surface area contributed by atoms with E-state index in [4.69, 9.17) is 10.5 Å². The van der Waals surface area contributed by atoms with E-state index in [-0.39, 0.29) is 18.6 Å². The van der Waals surface area contributed by atoms with Crippen LogP contribution in [0.5, 0.6) is 5.75 Å². The largest absolute Gasteiger partial charge is 0.496 e. The molecule has 0 spiro atoms. The summed E-state index contributed by atoms with van der Waals surface area (Å²) in [6.45, 7) is 7.91. The van der Waals surface area contributed by atoms with Crippen molar-refractivity contribution in [3.8, 4) is 5.75 Å². The minimum absolute atomic E-state index is 0.0362. The fourth-order valence-corrected chi connectivity index (χ4v) is 4.54. The smallest absolute Gasteiger partial charge is 0.222 e. The maximum absolute atomic E-state index is 9.85. The lowest BCUT2D eigenvalue weighted by atomic mass is 10.1. The van der Waals surface area contributed by atoms with E-state index in [1.54, 1.807) is 7.11 Å². The maximum Gasteiger partial charge on any atom is 0.222 e. The van der Waals surface area contributed by atoms with Crippen molar-refractivity contribution in [1.82, 2.24) is 24.8 Å². The van der Waals surface area contributed by atoms with Crippen LogP contribution < -0.4 is 21.1 Å². The standard InChI is InChI=1S/C25H37N7O2/c1-3-4-5-20(17-33)28-24-23-21(29-25(26)30-24)8-11-32(23)16-19-7-6-18(14-22(19)34-2)15-31-12-9-27-10-13-31/h6-8,11,14,20,27,33H,3-5,9-10,12-13,15-17H2,1-2H3,(H3,26,28,29,30). The summed E-state index contributed by atoms with van der Waals surface area (Å²) in [5.41, 5.74) is 9.96. The van der Waals surface area contributed by atoms with Crippen molar-refractivity contribution in [3.05, 3.63) is 41.6 Å². The lowest BCUT2D eigenvalue weighted by molar-refractivity contribution is 0.233. The lowest BCUT2D eigenvalue weighted by Crippen LogP contribution is -2.42. The van der Waals surface area contributed by atoms with Crippen LogP contribution in [0, 0.1) is 0 Å². The van der Waals surface area contributed by atoms with Gasteiger partial charge >= 0.3 is 0 Å². The van der Waals surface area contributed by atoms with Gasteiger partial charge in [-0.05, 0) is 24.1 Å². The topological polar surface area (TPSA) is 113 Å². The normalized spacial score (nSPS) is 15.5. The van der Waals surface area contributed by atoms with Gasteiger partial charge in [0.05, 0.1) is 31.8 Å². The molecule has 1 saturated heterocycles. The summed E-state index contributed by atoms with van der Waals surface area (Å²) < 4.78 is 7.88. The van der Waals surface area contributed by atoms with Gasteiger partial charge in [0.1, 0.15) is 11.3 Å². The molecule has 0 bridgehead atoms. The Morgan fingerprint density at radius 2 is 2.03 bits per heavy atom. The van der Waals surface area contributed by atoms with Crippen molar-refractivity contribution >= 4 is 22.8 Å². The molecule has 0 aliphatic carbocycles. The van der Waals surface area contributed by atoms with Crippen molar-refractivity contribution in [3.63, 3.8) is 0 Å². The Bertz CT molecular complexity index is 1080. The number of nitrogens with zero attached hydrogens (tertiary/aromatic N) is 4. The number of nitrogens with two attached hydrogens (primary N) is 1. The fourth-order valence-electron chi connectivity index (χ4n) is 4.54. The van der Waals surface area contributed by atoms with E-state index in [0.29, 0.717) is 12.4 Å². The van der Waals surface area contributed by atoms with Crippen LogP contribution in [-0.2, 0) is 13.1 Å². The fraction of sp³-hybridized carbons (Fsp3) is 0.520. The van der Waals surface area contributed by atoms with Crippen LogP contribution in [0.4, 0.5) is 11.8 Å². The van der Waals surface area contributed by atoms with Crippen LogP contribution >= 0.6 is 0 Å². The molecular formula is C25H37N7O2. The van der Waals surface area contributed by atoms with Crippen LogP contribution in [0.15, 0.2) is 30.5 Å². The number of nitrogens with one attached hydrogen (secondary N) is 2. The first-order chi connectivity index (χ1) is 16.6. The zero-order valence-corrected chi connectivity index (χ0v) is 20.3. The quantitative estimate of drug-likeness (QED) is 0.340. The number of fused-ring (bicyclic) bond motifs is 1. The third-order valence-corrected chi connectivity index (χ3v) is 6.40. The van der Waals surface area contributed by atoms with Gasteiger partial charge in [-0.1, -0.05) is 31.9 Å². The van der Waals surface area contributed by atoms with E-state index in [1.165, 1.54) is 5.56 Å². The van der Waals surface area contributed by atoms with Crippen LogP contribution in [0.2, 0.25) is 0 Å². The number of aliphatic hydroxyl groups is 1. The highest BCUT2D eigenvalue weighted by Crippen LogP contribution is 2.28. The number of aromatic nitrogens is 3. The lowest BCUT2D eigenvalue weighted by Gasteiger charge is -2.27. The molecule has 0 saturated carbocycles. The number of rotatable bonds is 11. The molecule has 184 valence electrons. The number of methoxy groups -OCH3 is 1. The third-order valence-electron chi connectivity index (χ3n) is 6.40. The maximum atomic E-state index is 9.85. The Hall–Kier alpha value is -2.88. The summed E-state index contributed by atoms with van der Waals surface area (Å²) in [5, 5.41) is 16.7. The van der Waals surface area contributed by atoms with E-state index in [0.717, 1.165) is 74.3 Å². The number of aliphatic hydroxyl groups excluding tert-OH is 1. The predicted molar refractivity (Wildman–Crippen MR) is 136 cm³/mol. The summed E-state index contributed by atoms with van der Waals surface area (Å²) in [4.78, 5) is 11.4. The van der Waals surface area contributed by atoms with E-state index < -0.39 is 0 Å². The minimum atomic E-state index is -0.0837. The molecule has 4 rings (SSSR count). The molecule has 5 N–H and O–H groups in total. The summed E-state index contributed by atoms with van der Waals surface area (Å²) in [6, 6.07) is 8.34. The minimum Gasteiger partial charge on any atom is -0.496 e. The van der Waals surface area contributed by atoms with Gasteiger partial charge in [0.15, 0.2) is 5.82 Å². The first kappa shape index (κ1) is 24.3. The molecular weight excluding hydrogens is 430 g/mol. The molecule has 0 radical (unpaired) electrons. The Balaban J connectivity index is 1.59. The summed E-state index contributed by atoms with van der Waals surface area (Å²) in [7, 11) is 1.72. The molecule has 1 aromatic carbocycles. The van der Waals surface area contributed by atoms with Crippen molar-refractivity contribution in [2.75, 3.05) is 50.9 Å². The number of anilines is 2. The van der Waals surface area contributed by atoms with Crippen LogP contribution in [0.3, 0.4) is 0 Å². The number of ether oxygens (including phenoxy) is 1. The number of hydrogen-bond acceptors (Lipinski definition) is 8. The zero-order valence-electron chi connectivity index (χ0n) is 20.3. The summed E-state index contributed by atoms with van der Waals surface area (Å²) in [5.74, 6) is 1.74. The molecule has 9 heteroatoms. The van der Waals surface area contributed by atoms with Gasteiger partial charge < -0.3 is 30.8 Å². The summed E-state index contributed by atoms with van der Waals surface area (Å²) in [6.07, 6.45) is 4.96. The second kappa shape index (κ2) is 11.5. The highest BCUT2D eigenvalue weighted by atomic mass is 16.5. The number of hydrogen-bond donors (Lipinski definition) is 4. The SMILES string of the molecule is CCCCC(CO)Nc1nc(N)nc2ccn(Cc3ccc(CN4CCNCC4)cc3OC)c12. The Labute approximate surface area is 201 Å². The molecule has 34 heavy (non-hydrogen) atoms. The number of benzene rings is 1. The second-order valence-electron chi connectivity index (χ2n) is 8.95. The number of piperazine rings is 1. The second-order valence-corrected chi connectivity index (χ2v) is 8.95. The van der Waals surface area contributed by atoms with Crippen molar-refractivity contribution in [2.45, 2.75) is 45.3 Å². The van der Waals surface area contributed by atoms with Crippen LogP contribution in [0.1, 0.15) is 37.3 Å². The monoisotopic (exact) mass is 467 g/mol. The molecule has 1 aliphatic heterocycles. The van der Waals surface area contributed by atoms with Gasteiger partial charge in [-0.2, -0.15) is 4.98 Å². The molecule has 1 unspecified atom stereocenters. The van der Waals surface area contributed by atoms with Crippen molar-refractivity contribution in [2.24, 2.45) is 0 Å². The molecule has 1 atom stereocenters. The first-order valence-electron chi connectivity index (χ1n) is 12.2. The average Bonchev–Trinajstić information content (AvgIpc) is 3.25. The third kappa shape index (κ3) is 5.78. The first-order valence-corrected chi connectivity index (χ1v) is 12.2. The summed E-state index contributed by atoms with van der Waals surface area (Å²) >= 11 is 0. The van der Waals surface area contributed by atoms with Gasteiger partial charge in [0, 0.05) is 44.5 Å². The van der Waals surface area contributed by atoms with Crippen molar-refractivity contribution in [1.29, 1.82) is 0 Å². The van der Waals surface area contributed by atoms with Gasteiger partial charge in [-0.15, -0.1) is 0 Å². The Morgan fingerprint density at radius 1 is 1.21 bits per heavy atom. The van der Waals surface area contributed by atoms with Gasteiger partial charge in [-0.25, -0.2) is 4.98 Å². The van der Waals surface area contributed by atoms with E-state index in [2.05, 4.69) is 55.2 Å². The molecule has 3 aromatic rings. The highest BCUT2D eigenvalue weighted by molar-refractivity contribution is 5.87. The zero-order chi connectivity index (χ0) is 23.9. The van der Waals surface area contributed by atoms with Crippen LogP contribution in [0.25, 0.3) is 11.0 Å². The van der Waals surface area contributed by atoms with E-state index >= 15 is 0 Å². The Kier molecular flexibility index (Phi) is 8.21. The molecule has 1 aliphatic rings. The van der Waals surface area contributed by atoms with Gasteiger partial charge in [0.2, 0.25) is 5.95 Å². The van der Waals surface area contributed by atoms with E-state index in [9.17, 15) is 5.11 Å². The predicted octanol–water partition coefficient (Wildman–Crippen LogP) is 2.44.